The summed E-state index contributed by atoms with van der Waals surface area (Å²) in [6.07, 6.45) is 0. The van der Waals surface area contributed by atoms with Crippen molar-refractivity contribution in [3.63, 3.8) is 0 Å². The van der Waals surface area contributed by atoms with Crippen LogP contribution in [0.15, 0.2) is 18.2 Å². The maximum atomic E-state index is 13.4. The number of hydrogen-bond donors (Lipinski definition) is 0. The van der Waals surface area contributed by atoms with Crippen LogP contribution in [0.5, 0.6) is 0 Å². The Labute approximate surface area is 95.5 Å². The molecule has 0 spiro atoms. The molecule has 1 aromatic rings. The minimum absolute atomic E-state index is 0.0238. The summed E-state index contributed by atoms with van der Waals surface area (Å²) in [4.78, 5) is 0. The topological polar surface area (TPSA) is 0 Å². The Balaban J connectivity index is 3.24. The first-order valence-electron chi connectivity index (χ1n) is 3.37. The van der Waals surface area contributed by atoms with Crippen molar-refractivity contribution in [2.45, 2.75) is 9.67 Å². The summed E-state index contributed by atoms with van der Waals surface area (Å²) in [5.74, 6) is -0.502. The molecule has 0 nitrogen and oxygen atoms in total. The Morgan fingerprint density at radius 2 is 1.85 bits per heavy atom. The number of alkyl halides is 4. The summed E-state index contributed by atoms with van der Waals surface area (Å²) in [5, 5.41) is 0. The fourth-order valence-corrected chi connectivity index (χ4v) is 1.55. The summed E-state index contributed by atoms with van der Waals surface area (Å²) in [7, 11) is 0. The third-order valence-corrected chi connectivity index (χ3v) is 2.43. The van der Waals surface area contributed by atoms with Gasteiger partial charge in [0.1, 0.15) is 5.82 Å². The van der Waals surface area contributed by atoms with E-state index < -0.39 is 9.61 Å². The van der Waals surface area contributed by atoms with Gasteiger partial charge in [0, 0.05) is 11.1 Å². The van der Waals surface area contributed by atoms with Crippen LogP contribution in [0.3, 0.4) is 0 Å². The molecule has 1 rings (SSSR count). The zero-order valence-electron chi connectivity index (χ0n) is 6.33. The van der Waals surface area contributed by atoms with Crippen LogP contribution in [0.4, 0.5) is 4.39 Å². The van der Waals surface area contributed by atoms with Gasteiger partial charge in [-0.15, -0.1) is 11.6 Å². The second-order valence-corrected chi connectivity index (χ2v) is 4.96. The van der Waals surface area contributed by atoms with Gasteiger partial charge in [0.15, 0.2) is 0 Å². The summed E-state index contributed by atoms with van der Waals surface area (Å²) >= 11 is 22.1. The third-order valence-electron chi connectivity index (χ3n) is 1.53. The van der Waals surface area contributed by atoms with Gasteiger partial charge in [-0.25, -0.2) is 4.39 Å². The molecule has 0 aliphatic heterocycles. The van der Waals surface area contributed by atoms with Gasteiger partial charge in [-0.1, -0.05) is 53.0 Å². The van der Waals surface area contributed by atoms with Crippen LogP contribution in [0.2, 0.25) is 0 Å². The molecule has 5 heteroatoms. The van der Waals surface area contributed by atoms with E-state index in [1.165, 1.54) is 6.07 Å². The van der Waals surface area contributed by atoms with E-state index in [4.69, 9.17) is 46.4 Å². The van der Waals surface area contributed by atoms with Gasteiger partial charge in [0.2, 0.25) is 3.79 Å². The molecule has 0 saturated heterocycles. The molecule has 0 amide bonds. The Kier molecular flexibility index (Phi) is 3.70. The fourth-order valence-electron chi connectivity index (χ4n) is 0.902. The lowest BCUT2D eigenvalue weighted by molar-refractivity contribution is 0.602. The van der Waals surface area contributed by atoms with E-state index in [0.717, 1.165) is 0 Å². The SMILES string of the molecule is Fc1c(CCl)cccc1C(Cl)(Cl)Cl. The van der Waals surface area contributed by atoms with Gasteiger partial charge in [0.05, 0.1) is 5.88 Å². The van der Waals surface area contributed by atoms with Crippen molar-refractivity contribution in [3.05, 3.63) is 35.1 Å². The zero-order valence-corrected chi connectivity index (χ0v) is 9.35. The summed E-state index contributed by atoms with van der Waals surface area (Å²) < 4.78 is 11.7. The highest BCUT2D eigenvalue weighted by Gasteiger charge is 2.27. The van der Waals surface area contributed by atoms with Crippen LogP contribution in [0.1, 0.15) is 11.1 Å². The highest BCUT2D eigenvalue weighted by Crippen LogP contribution is 2.40. The van der Waals surface area contributed by atoms with Crippen molar-refractivity contribution in [1.82, 2.24) is 0 Å². The normalized spacial score (nSPS) is 11.8. The Morgan fingerprint density at radius 3 is 2.31 bits per heavy atom. The Hall–Kier alpha value is 0.310. The largest absolute Gasteiger partial charge is 0.218 e. The average molecular weight is 262 g/mol. The van der Waals surface area contributed by atoms with E-state index in [-0.39, 0.29) is 11.4 Å². The van der Waals surface area contributed by atoms with Gasteiger partial charge in [-0.3, -0.25) is 0 Å². The summed E-state index contributed by atoms with van der Waals surface area (Å²) in [6.45, 7) is 0. The van der Waals surface area contributed by atoms with Crippen molar-refractivity contribution in [2.24, 2.45) is 0 Å². The van der Waals surface area contributed by atoms with Crippen LogP contribution in [-0.2, 0) is 9.67 Å². The van der Waals surface area contributed by atoms with Crippen LogP contribution in [0, 0.1) is 5.82 Å². The predicted molar refractivity (Wildman–Crippen MR) is 55.2 cm³/mol. The molecule has 0 bridgehead atoms. The molecular weight excluding hydrogens is 257 g/mol. The number of rotatable bonds is 1. The second-order valence-electron chi connectivity index (χ2n) is 2.41. The van der Waals surface area contributed by atoms with Crippen molar-refractivity contribution in [1.29, 1.82) is 0 Å². The molecule has 1 aromatic carbocycles. The van der Waals surface area contributed by atoms with Crippen molar-refractivity contribution >= 4 is 46.4 Å². The molecular formula is C8H5Cl4F. The molecule has 0 radical (unpaired) electrons. The second kappa shape index (κ2) is 4.22. The van der Waals surface area contributed by atoms with E-state index in [2.05, 4.69) is 0 Å². The van der Waals surface area contributed by atoms with Gasteiger partial charge in [0.25, 0.3) is 0 Å². The molecule has 0 aliphatic rings. The molecule has 0 aromatic heterocycles. The summed E-state index contributed by atoms with van der Waals surface area (Å²) in [6, 6.07) is 4.55. The molecule has 72 valence electrons. The number of benzene rings is 1. The quantitative estimate of drug-likeness (QED) is 0.658. The fraction of sp³-hybridized carbons (Fsp3) is 0.250. The Morgan fingerprint density at radius 1 is 1.23 bits per heavy atom. The highest BCUT2D eigenvalue weighted by atomic mass is 35.6. The van der Waals surface area contributed by atoms with E-state index >= 15 is 0 Å². The lowest BCUT2D eigenvalue weighted by atomic mass is 10.1. The van der Waals surface area contributed by atoms with E-state index in [9.17, 15) is 4.39 Å². The average Bonchev–Trinajstić information content (AvgIpc) is 2.02. The van der Waals surface area contributed by atoms with Gasteiger partial charge < -0.3 is 0 Å². The minimum Gasteiger partial charge on any atom is -0.206 e. The molecule has 13 heavy (non-hydrogen) atoms. The van der Waals surface area contributed by atoms with Crippen molar-refractivity contribution in [3.8, 4) is 0 Å². The maximum absolute atomic E-state index is 13.4. The van der Waals surface area contributed by atoms with Crippen LogP contribution >= 0.6 is 46.4 Å². The number of halogens is 5. The molecule has 0 heterocycles. The van der Waals surface area contributed by atoms with E-state index in [0.29, 0.717) is 5.56 Å². The highest BCUT2D eigenvalue weighted by molar-refractivity contribution is 6.66. The van der Waals surface area contributed by atoms with Crippen molar-refractivity contribution in [2.75, 3.05) is 0 Å². The lowest BCUT2D eigenvalue weighted by Gasteiger charge is -2.13. The molecule has 0 saturated carbocycles. The smallest absolute Gasteiger partial charge is 0.206 e. The van der Waals surface area contributed by atoms with Crippen LogP contribution < -0.4 is 0 Å². The predicted octanol–water partition coefficient (Wildman–Crippen LogP) is 4.39. The third kappa shape index (κ3) is 2.63. The molecule has 0 aliphatic carbocycles. The molecule has 0 unspecified atom stereocenters. The summed E-state index contributed by atoms with van der Waals surface area (Å²) in [5.41, 5.74) is 0.348. The first-order valence-corrected chi connectivity index (χ1v) is 5.04. The van der Waals surface area contributed by atoms with Gasteiger partial charge >= 0.3 is 0 Å². The van der Waals surface area contributed by atoms with Crippen molar-refractivity contribution < 1.29 is 4.39 Å². The zero-order chi connectivity index (χ0) is 10.1. The lowest BCUT2D eigenvalue weighted by Crippen LogP contribution is -2.05. The van der Waals surface area contributed by atoms with Gasteiger partial charge in [-0.2, -0.15) is 0 Å². The monoisotopic (exact) mass is 260 g/mol. The van der Waals surface area contributed by atoms with E-state index in [1.807, 2.05) is 0 Å². The van der Waals surface area contributed by atoms with E-state index in [1.54, 1.807) is 12.1 Å². The molecule has 0 atom stereocenters. The molecule has 0 N–H and O–H groups in total. The first-order chi connectivity index (χ1) is 5.96. The first kappa shape index (κ1) is 11.4. The standard InChI is InChI=1S/C8H5Cl4F/c9-4-5-2-1-3-6(7(5)13)8(10,11)12/h1-3H,4H2. The van der Waals surface area contributed by atoms with Crippen LogP contribution in [0.25, 0.3) is 0 Å². The minimum atomic E-state index is -1.74. The maximum Gasteiger partial charge on any atom is 0.218 e. The van der Waals surface area contributed by atoms with Gasteiger partial charge in [-0.05, 0) is 0 Å². The Bertz CT molecular complexity index is 306. The van der Waals surface area contributed by atoms with Crippen LogP contribution in [-0.4, -0.2) is 0 Å². The molecule has 0 fully saturated rings. The number of hydrogen-bond acceptors (Lipinski definition) is 0.